The first kappa shape index (κ1) is 13.2. The Hall–Kier alpha value is -0.200. The molecule has 0 spiro atoms. The number of hydrogen-bond acceptors (Lipinski definition) is 5. The Morgan fingerprint density at radius 2 is 1.71 bits per heavy atom. The van der Waals surface area contributed by atoms with Crippen molar-refractivity contribution in [3.05, 3.63) is 0 Å². The minimum atomic E-state index is -0.840. The van der Waals surface area contributed by atoms with E-state index >= 15 is 0 Å². The molecule has 2 saturated heterocycles. The number of ether oxygens (including phenoxy) is 4. The summed E-state index contributed by atoms with van der Waals surface area (Å²) in [7, 11) is 0. The molecule has 100 valence electrons. The van der Waals surface area contributed by atoms with Gasteiger partial charge in [0.1, 0.15) is 18.3 Å². The van der Waals surface area contributed by atoms with Crippen molar-refractivity contribution in [2.24, 2.45) is 0 Å². The summed E-state index contributed by atoms with van der Waals surface area (Å²) in [6.45, 7) is 9.23. The Kier molecular flexibility index (Phi) is 3.49. The Bertz CT molecular complexity index is 278. The van der Waals surface area contributed by atoms with Crippen LogP contribution in [-0.2, 0) is 18.9 Å². The van der Waals surface area contributed by atoms with Gasteiger partial charge in [-0.1, -0.05) is 0 Å². The van der Waals surface area contributed by atoms with Gasteiger partial charge in [-0.25, -0.2) is 0 Å². The molecule has 0 aliphatic carbocycles. The summed E-state index contributed by atoms with van der Waals surface area (Å²) in [6.07, 6.45) is -1.65. The molecular formula is C12H22O5. The van der Waals surface area contributed by atoms with Gasteiger partial charge in [0.25, 0.3) is 0 Å². The highest BCUT2D eigenvalue weighted by molar-refractivity contribution is 4.97. The van der Waals surface area contributed by atoms with Crippen molar-refractivity contribution >= 4 is 0 Å². The predicted octanol–water partition coefficient (Wildman–Crippen LogP) is 1.04. The number of aliphatic hydroxyl groups is 1. The molecule has 0 bridgehead atoms. The second kappa shape index (κ2) is 4.48. The van der Waals surface area contributed by atoms with Crippen molar-refractivity contribution in [2.45, 2.75) is 77.2 Å². The molecule has 2 heterocycles. The van der Waals surface area contributed by atoms with Crippen LogP contribution in [0, 0.1) is 0 Å². The van der Waals surface area contributed by atoms with Crippen LogP contribution in [0.15, 0.2) is 0 Å². The van der Waals surface area contributed by atoms with E-state index in [0.29, 0.717) is 0 Å². The highest BCUT2D eigenvalue weighted by Gasteiger charge is 2.53. The summed E-state index contributed by atoms with van der Waals surface area (Å²) in [5.41, 5.74) is 0. The zero-order valence-corrected chi connectivity index (χ0v) is 11.0. The first-order valence-corrected chi connectivity index (χ1v) is 6.15. The Labute approximate surface area is 102 Å². The first-order valence-electron chi connectivity index (χ1n) is 6.15. The second-order valence-corrected chi connectivity index (χ2v) is 5.31. The molecule has 5 heteroatoms. The van der Waals surface area contributed by atoms with E-state index in [2.05, 4.69) is 0 Å². The lowest BCUT2D eigenvalue weighted by molar-refractivity contribution is -0.237. The summed E-state index contributed by atoms with van der Waals surface area (Å²) in [6, 6.07) is 0. The van der Waals surface area contributed by atoms with Crippen molar-refractivity contribution < 1.29 is 24.1 Å². The maximum absolute atomic E-state index is 9.36. The summed E-state index contributed by atoms with van der Waals surface area (Å²) in [5, 5.41) is 9.36. The molecule has 2 aliphatic heterocycles. The van der Waals surface area contributed by atoms with Crippen LogP contribution in [0.5, 0.6) is 0 Å². The van der Waals surface area contributed by atoms with Crippen LogP contribution in [0.3, 0.4) is 0 Å². The van der Waals surface area contributed by atoms with Crippen molar-refractivity contribution in [1.29, 1.82) is 0 Å². The van der Waals surface area contributed by atoms with E-state index in [1.807, 2.05) is 27.7 Å². The average molecular weight is 246 g/mol. The zero-order valence-electron chi connectivity index (χ0n) is 11.0. The van der Waals surface area contributed by atoms with Gasteiger partial charge in [-0.05, 0) is 34.6 Å². The van der Waals surface area contributed by atoms with Gasteiger partial charge in [-0.15, -0.1) is 0 Å². The van der Waals surface area contributed by atoms with E-state index in [1.165, 1.54) is 0 Å². The SMILES string of the molecule is CC(O)O[C@@H]1[C@H]2OC(C)(C)O[C@H]2[C@H](C)O[C@H]1C. The summed E-state index contributed by atoms with van der Waals surface area (Å²) >= 11 is 0. The average Bonchev–Trinajstić information content (AvgIpc) is 2.49. The van der Waals surface area contributed by atoms with Crippen LogP contribution in [0.25, 0.3) is 0 Å². The standard InChI is InChI=1S/C12H22O5/c1-6-9(15-8(3)13)11-10(7(2)14-6)16-12(4,5)17-11/h6-11,13H,1-5H3/t6-,7-,8?,9-,10-,11+/m0/s1. The molecule has 0 saturated carbocycles. The highest BCUT2D eigenvalue weighted by atomic mass is 16.8. The van der Waals surface area contributed by atoms with Gasteiger partial charge >= 0.3 is 0 Å². The molecule has 2 fully saturated rings. The minimum absolute atomic E-state index is 0.0365. The largest absolute Gasteiger partial charge is 0.370 e. The summed E-state index contributed by atoms with van der Waals surface area (Å²) in [5.74, 6) is -0.628. The first-order chi connectivity index (χ1) is 7.80. The van der Waals surface area contributed by atoms with Crippen LogP contribution in [-0.4, -0.2) is 47.7 Å². The molecule has 5 nitrogen and oxygen atoms in total. The maximum Gasteiger partial charge on any atom is 0.164 e. The van der Waals surface area contributed by atoms with Crippen molar-refractivity contribution in [1.82, 2.24) is 0 Å². The van der Waals surface area contributed by atoms with E-state index < -0.39 is 12.1 Å². The van der Waals surface area contributed by atoms with Crippen LogP contribution in [0.2, 0.25) is 0 Å². The number of aliphatic hydroxyl groups excluding tert-OH is 1. The number of rotatable bonds is 2. The van der Waals surface area contributed by atoms with Crippen molar-refractivity contribution in [3.63, 3.8) is 0 Å². The lowest BCUT2D eigenvalue weighted by atomic mass is 9.96. The van der Waals surface area contributed by atoms with E-state index in [9.17, 15) is 5.11 Å². The Morgan fingerprint density at radius 3 is 2.29 bits per heavy atom. The third-order valence-corrected chi connectivity index (χ3v) is 3.20. The normalized spacial score (nSPS) is 46.6. The van der Waals surface area contributed by atoms with Gasteiger partial charge in [-0.2, -0.15) is 0 Å². The van der Waals surface area contributed by atoms with E-state index in [1.54, 1.807) is 6.92 Å². The van der Waals surface area contributed by atoms with Gasteiger partial charge in [-0.3, -0.25) is 0 Å². The van der Waals surface area contributed by atoms with Gasteiger partial charge in [0, 0.05) is 0 Å². The summed E-state index contributed by atoms with van der Waals surface area (Å²) < 4.78 is 22.9. The quantitative estimate of drug-likeness (QED) is 0.738. The fraction of sp³-hybridized carbons (Fsp3) is 1.00. The van der Waals surface area contributed by atoms with E-state index in [-0.39, 0.29) is 30.5 Å². The zero-order chi connectivity index (χ0) is 12.8. The smallest absolute Gasteiger partial charge is 0.164 e. The highest BCUT2D eigenvalue weighted by Crippen LogP contribution is 2.38. The molecule has 0 aromatic rings. The Morgan fingerprint density at radius 1 is 1.12 bits per heavy atom. The minimum Gasteiger partial charge on any atom is -0.370 e. The molecule has 0 radical (unpaired) electrons. The molecule has 0 amide bonds. The molecule has 2 rings (SSSR count). The molecule has 1 unspecified atom stereocenters. The topological polar surface area (TPSA) is 57.2 Å². The Balaban J connectivity index is 2.16. The molecule has 17 heavy (non-hydrogen) atoms. The van der Waals surface area contributed by atoms with Gasteiger partial charge in [0.15, 0.2) is 12.1 Å². The van der Waals surface area contributed by atoms with Crippen molar-refractivity contribution in [3.8, 4) is 0 Å². The van der Waals surface area contributed by atoms with Gasteiger partial charge < -0.3 is 24.1 Å². The molecule has 2 aliphatic rings. The fourth-order valence-electron chi connectivity index (χ4n) is 2.61. The van der Waals surface area contributed by atoms with Crippen LogP contribution < -0.4 is 0 Å². The van der Waals surface area contributed by atoms with Crippen molar-refractivity contribution in [2.75, 3.05) is 0 Å². The molecule has 1 N–H and O–H groups in total. The number of hydrogen-bond donors (Lipinski definition) is 1. The lowest BCUT2D eigenvalue weighted by Gasteiger charge is -2.40. The number of fused-ring (bicyclic) bond motifs is 1. The third-order valence-electron chi connectivity index (χ3n) is 3.20. The summed E-state index contributed by atoms with van der Waals surface area (Å²) in [4.78, 5) is 0. The predicted molar refractivity (Wildman–Crippen MR) is 60.4 cm³/mol. The monoisotopic (exact) mass is 246 g/mol. The molecule has 0 aromatic carbocycles. The van der Waals surface area contributed by atoms with Gasteiger partial charge in [0.2, 0.25) is 0 Å². The van der Waals surface area contributed by atoms with Gasteiger partial charge in [0.05, 0.1) is 12.2 Å². The van der Waals surface area contributed by atoms with Crippen LogP contribution >= 0.6 is 0 Å². The van der Waals surface area contributed by atoms with E-state index in [0.717, 1.165) is 0 Å². The molecule has 0 aromatic heterocycles. The molecular weight excluding hydrogens is 224 g/mol. The van der Waals surface area contributed by atoms with E-state index in [4.69, 9.17) is 18.9 Å². The fourth-order valence-corrected chi connectivity index (χ4v) is 2.61. The third kappa shape index (κ3) is 2.63. The second-order valence-electron chi connectivity index (χ2n) is 5.31. The maximum atomic E-state index is 9.36. The van der Waals surface area contributed by atoms with Crippen LogP contribution in [0.1, 0.15) is 34.6 Å². The lowest BCUT2D eigenvalue weighted by Crippen LogP contribution is -2.56. The molecule has 6 atom stereocenters. The van der Waals surface area contributed by atoms with Crippen LogP contribution in [0.4, 0.5) is 0 Å².